The smallest absolute Gasteiger partial charge is 0.182 e. The first-order chi connectivity index (χ1) is 6.95. The van der Waals surface area contributed by atoms with E-state index in [-0.39, 0.29) is 0 Å². The molecule has 0 radical (unpaired) electrons. The van der Waals surface area contributed by atoms with E-state index in [4.69, 9.17) is 0 Å². The molecule has 0 unspecified atom stereocenters. The van der Waals surface area contributed by atoms with Crippen LogP contribution in [0, 0.1) is 0 Å². The summed E-state index contributed by atoms with van der Waals surface area (Å²) in [7, 11) is 0. The second-order valence-electron chi connectivity index (χ2n) is 3.11. The summed E-state index contributed by atoms with van der Waals surface area (Å²) in [6.45, 7) is 0. The van der Waals surface area contributed by atoms with Gasteiger partial charge in [-0.2, -0.15) is 5.10 Å². The van der Waals surface area contributed by atoms with Crippen molar-refractivity contribution in [2.45, 2.75) is 0 Å². The van der Waals surface area contributed by atoms with Crippen molar-refractivity contribution in [3.63, 3.8) is 0 Å². The standard InChI is InChI=1S/C11H7N3/c1-2-4-9-8(3-1)7-12-11-10(9)5-6-13-14-11/h1-7H. The summed E-state index contributed by atoms with van der Waals surface area (Å²) in [6.07, 6.45) is 3.52. The molecule has 0 atom stereocenters. The first-order valence-corrected chi connectivity index (χ1v) is 4.40. The minimum absolute atomic E-state index is 0.700. The minimum Gasteiger partial charge on any atom is -0.234 e. The van der Waals surface area contributed by atoms with Gasteiger partial charge in [0.05, 0.1) is 6.20 Å². The Morgan fingerprint density at radius 3 is 2.86 bits per heavy atom. The van der Waals surface area contributed by atoms with Gasteiger partial charge in [0, 0.05) is 17.0 Å². The van der Waals surface area contributed by atoms with E-state index in [1.807, 2.05) is 30.5 Å². The van der Waals surface area contributed by atoms with Crippen LogP contribution in [-0.2, 0) is 0 Å². The summed E-state index contributed by atoms with van der Waals surface area (Å²) in [5.41, 5.74) is 0.700. The largest absolute Gasteiger partial charge is 0.234 e. The normalized spacial score (nSPS) is 10.9. The Hall–Kier alpha value is -2.03. The molecule has 3 rings (SSSR count). The van der Waals surface area contributed by atoms with E-state index in [0.29, 0.717) is 5.65 Å². The maximum absolute atomic E-state index is 4.24. The van der Waals surface area contributed by atoms with Gasteiger partial charge in [-0.15, -0.1) is 5.10 Å². The molecule has 2 aromatic heterocycles. The quantitative estimate of drug-likeness (QED) is 0.499. The lowest BCUT2D eigenvalue weighted by molar-refractivity contribution is 1.05. The summed E-state index contributed by atoms with van der Waals surface area (Å²) in [4.78, 5) is 4.24. The number of rotatable bonds is 0. The molecule has 3 heteroatoms. The third-order valence-corrected chi connectivity index (χ3v) is 2.28. The van der Waals surface area contributed by atoms with Crippen LogP contribution in [0.2, 0.25) is 0 Å². The van der Waals surface area contributed by atoms with Crippen LogP contribution in [0.15, 0.2) is 42.7 Å². The lowest BCUT2D eigenvalue weighted by Crippen LogP contribution is -1.87. The highest BCUT2D eigenvalue weighted by atomic mass is 15.1. The van der Waals surface area contributed by atoms with Gasteiger partial charge in [-0.3, -0.25) is 0 Å². The fourth-order valence-electron chi connectivity index (χ4n) is 1.62. The fourth-order valence-corrected chi connectivity index (χ4v) is 1.62. The minimum atomic E-state index is 0.700. The van der Waals surface area contributed by atoms with Gasteiger partial charge >= 0.3 is 0 Å². The number of hydrogen-bond acceptors (Lipinski definition) is 3. The molecule has 2 heterocycles. The van der Waals surface area contributed by atoms with Crippen molar-refractivity contribution in [3.8, 4) is 0 Å². The van der Waals surface area contributed by atoms with Crippen LogP contribution in [0.5, 0.6) is 0 Å². The van der Waals surface area contributed by atoms with Gasteiger partial charge in [-0.1, -0.05) is 24.3 Å². The van der Waals surface area contributed by atoms with Crippen molar-refractivity contribution in [1.82, 2.24) is 15.2 Å². The van der Waals surface area contributed by atoms with Crippen LogP contribution in [-0.4, -0.2) is 15.2 Å². The summed E-state index contributed by atoms with van der Waals surface area (Å²) in [6, 6.07) is 10.1. The van der Waals surface area contributed by atoms with E-state index in [1.165, 1.54) is 5.39 Å². The van der Waals surface area contributed by atoms with E-state index in [0.717, 1.165) is 10.8 Å². The van der Waals surface area contributed by atoms with Crippen molar-refractivity contribution < 1.29 is 0 Å². The summed E-state index contributed by atoms with van der Waals surface area (Å²) >= 11 is 0. The topological polar surface area (TPSA) is 38.7 Å². The second-order valence-corrected chi connectivity index (χ2v) is 3.11. The second kappa shape index (κ2) is 2.73. The number of fused-ring (bicyclic) bond motifs is 3. The lowest BCUT2D eigenvalue weighted by atomic mass is 10.1. The number of aromatic nitrogens is 3. The van der Waals surface area contributed by atoms with Crippen LogP contribution in [0.3, 0.4) is 0 Å². The summed E-state index contributed by atoms with van der Waals surface area (Å²) in [5.74, 6) is 0. The van der Waals surface area contributed by atoms with Crippen molar-refractivity contribution in [1.29, 1.82) is 0 Å². The maximum atomic E-state index is 4.24. The molecule has 3 nitrogen and oxygen atoms in total. The molecule has 0 bridgehead atoms. The van der Waals surface area contributed by atoms with Crippen molar-refractivity contribution in [2.75, 3.05) is 0 Å². The molecule has 0 fully saturated rings. The molecule has 0 spiro atoms. The van der Waals surface area contributed by atoms with Gasteiger partial charge in [-0.05, 0) is 11.5 Å². The fraction of sp³-hybridized carbons (Fsp3) is 0. The highest BCUT2D eigenvalue weighted by Crippen LogP contribution is 2.20. The van der Waals surface area contributed by atoms with Gasteiger partial charge in [0.2, 0.25) is 0 Å². The third kappa shape index (κ3) is 0.956. The Bertz CT molecular complexity index is 550. The molecule has 0 saturated heterocycles. The average Bonchev–Trinajstić information content (AvgIpc) is 2.29. The van der Waals surface area contributed by atoms with Gasteiger partial charge < -0.3 is 0 Å². The molecular formula is C11H7N3. The molecule has 0 saturated carbocycles. The number of pyridine rings is 1. The van der Waals surface area contributed by atoms with Crippen LogP contribution < -0.4 is 0 Å². The Morgan fingerprint density at radius 2 is 1.86 bits per heavy atom. The zero-order valence-corrected chi connectivity index (χ0v) is 7.38. The van der Waals surface area contributed by atoms with Crippen molar-refractivity contribution in [2.24, 2.45) is 0 Å². The van der Waals surface area contributed by atoms with Gasteiger partial charge in [0.25, 0.3) is 0 Å². The highest BCUT2D eigenvalue weighted by molar-refractivity contribution is 6.03. The van der Waals surface area contributed by atoms with E-state index >= 15 is 0 Å². The molecule has 3 aromatic rings. The monoisotopic (exact) mass is 181 g/mol. The van der Waals surface area contributed by atoms with Gasteiger partial charge in [-0.25, -0.2) is 4.98 Å². The van der Waals surface area contributed by atoms with Gasteiger partial charge in [0.15, 0.2) is 5.65 Å². The van der Waals surface area contributed by atoms with Crippen LogP contribution in [0.1, 0.15) is 0 Å². The van der Waals surface area contributed by atoms with Crippen molar-refractivity contribution in [3.05, 3.63) is 42.7 Å². The summed E-state index contributed by atoms with van der Waals surface area (Å²) in [5, 5.41) is 11.1. The Balaban J connectivity index is 2.61. The first-order valence-electron chi connectivity index (χ1n) is 4.40. The maximum Gasteiger partial charge on any atom is 0.182 e. The SMILES string of the molecule is c1ccc2c(c1)cnc1nnccc12. The summed E-state index contributed by atoms with van der Waals surface area (Å²) < 4.78 is 0. The number of hydrogen-bond donors (Lipinski definition) is 0. The molecule has 0 aliphatic heterocycles. The number of benzene rings is 1. The zero-order chi connectivity index (χ0) is 9.38. The molecule has 14 heavy (non-hydrogen) atoms. The van der Waals surface area contributed by atoms with E-state index in [2.05, 4.69) is 21.2 Å². The highest BCUT2D eigenvalue weighted by Gasteiger charge is 2.00. The Labute approximate surface area is 80.4 Å². The number of nitrogens with zero attached hydrogens (tertiary/aromatic N) is 3. The zero-order valence-electron chi connectivity index (χ0n) is 7.38. The molecule has 66 valence electrons. The predicted octanol–water partition coefficient (Wildman–Crippen LogP) is 2.18. The van der Waals surface area contributed by atoms with Crippen LogP contribution in [0.25, 0.3) is 21.8 Å². The molecule has 0 aliphatic carbocycles. The molecule has 0 amide bonds. The van der Waals surface area contributed by atoms with E-state index in [1.54, 1.807) is 6.20 Å². The molecular weight excluding hydrogens is 174 g/mol. The third-order valence-electron chi connectivity index (χ3n) is 2.28. The molecule has 0 aliphatic rings. The average molecular weight is 181 g/mol. The first kappa shape index (κ1) is 7.38. The molecule has 0 N–H and O–H groups in total. The van der Waals surface area contributed by atoms with Crippen molar-refractivity contribution >= 4 is 21.8 Å². The van der Waals surface area contributed by atoms with E-state index in [9.17, 15) is 0 Å². The lowest BCUT2D eigenvalue weighted by Gasteiger charge is -1.99. The van der Waals surface area contributed by atoms with E-state index < -0.39 is 0 Å². The van der Waals surface area contributed by atoms with Crippen LogP contribution >= 0.6 is 0 Å². The Morgan fingerprint density at radius 1 is 0.929 bits per heavy atom. The van der Waals surface area contributed by atoms with Gasteiger partial charge in [0.1, 0.15) is 0 Å². The molecule has 1 aromatic carbocycles. The Kier molecular flexibility index (Phi) is 1.44. The predicted molar refractivity (Wildman–Crippen MR) is 54.8 cm³/mol. The van der Waals surface area contributed by atoms with Crippen LogP contribution in [0.4, 0.5) is 0 Å².